The lowest BCUT2D eigenvalue weighted by Gasteiger charge is -2.34. The highest BCUT2D eigenvalue weighted by Crippen LogP contribution is 2.16. The Hall–Kier alpha value is -2.12. The van der Waals surface area contributed by atoms with Crippen LogP contribution >= 0.6 is 15.9 Å². The molecule has 0 aliphatic carbocycles. The van der Waals surface area contributed by atoms with Crippen molar-refractivity contribution in [3.05, 3.63) is 58.0 Å². The van der Waals surface area contributed by atoms with Gasteiger partial charge in [0.1, 0.15) is 5.76 Å². The molecule has 2 heterocycles. The van der Waals surface area contributed by atoms with Crippen molar-refractivity contribution in [1.82, 2.24) is 15.1 Å². The van der Waals surface area contributed by atoms with E-state index in [0.717, 1.165) is 15.8 Å². The number of carbonyl (C=O) groups is 2. The fourth-order valence-corrected chi connectivity index (χ4v) is 3.40. The van der Waals surface area contributed by atoms with E-state index in [-0.39, 0.29) is 17.9 Å². The molecule has 1 atom stereocenters. The molecule has 3 rings (SSSR count). The summed E-state index contributed by atoms with van der Waals surface area (Å²) >= 11 is 3.41. The van der Waals surface area contributed by atoms with Gasteiger partial charge in [0.25, 0.3) is 5.91 Å². The van der Waals surface area contributed by atoms with Gasteiger partial charge in [-0.25, -0.2) is 0 Å². The molecule has 1 aromatic heterocycles. The number of furan rings is 1. The number of rotatable bonds is 5. The molecule has 1 saturated heterocycles. The van der Waals surface area contributed by atoms with Crippen molar-refractivity contribution in [2.45, 2.75) is 19.9 Å². The van der Waals surface area contributed by atoms with Gasteiger partial charge in [0.15, 0.2) is 5.76 Å². The van der Waals surface area contributed by atoms with Crippen LogP contribution in [-0.2, 0) is 4.79 Å². The van der Waals surface area contributed by atoms with E-state index in [1.807, 2.05) is 38.1 Å². The quantitative estimate of drug-likeness (QED) is 0.786. The van der Waals surface area contributed by atoms with Gasteiger partial charge in [-0.05, 0) is 43.7 Å². The fourth-order valence-electron chi connectivity index (χ4n) is 3.14. The Balaban J connectivity index is 1.45. The average molecular weight is 434 g/mol. The Morgan fingerprint density at radius 3 is 2.37 bits per heavy atom. The number of amides is 2. The molecular formula is C20H24BrN3O3. The summed E-state index contributed by atoms with van der Waals surface area (Å²) in [5.41, 5.74) is 1.07. The third-order valence-corrected chi connectivity index (χ3v) is 5.25. The molecule has 0 spiro atoms. The van der Waals surface area contributed by atoms with E-state index >= 15 is 0 Å². The topological polar surface area (TPSA) is 65.8 Å². The molecule has 2 aromatic rings. The second-order valence-electron chi connectivity index (χ2n) is 6.82. The monoisotopic (exact) mass is 433 g/mol. The molecule has 7 heteroatoms. The second kappa shape index (κ2) is 8.71. The van der Waals surface area contributed by atoms with Crippen molar-refractivity contribution < 1.29 is 14.0 Å². The normalized spacial score (nSPS) is 16.2. The summed E-state index contributed by atoms with van der Waals surface area (Å²) in [6.07, 6.45) is 0. The zero-order chi connectivity index (χ0) is 19.4. The van der Waals surface area contributed by atoms with E-state index in [1.165, 1.54) is 0 Å². The summed E-state index contributed by atoms with van der Waals surface area (Å²) in [5, 5.41) is 3.03. The number of aryl methyl sites for hydroxylation is 1. The second-order valence-corrected chi connectivity index (χ2v) is 7.74. The van der Waals surface area contributed by atoms with Crippen molar-refractivity contribution in [3.8, 4) is 0 Å². The van der Waals surface area contributed by atoms with Crippen LogP contribution in [0.5, 0.6) is 0 Å². The number of piperazine rings is 1. The van der Waals surface area contributed by atoms with E-state index in [2.05, 4.69) is 26.1 Å². The molecule has 2 amide bonds. The minimum atomic E-state index is -0.0870. The molecule has 1 unspecified atom stereocenters. The van der Waals surface area contributed by atoms with Gasteiger partial charge in [0, 0.05) is 30.7 Å². The van der Waals surface area contributed by atoms with Gasteiger partial charge < -0.3 is 14.6 Å². The molecule has 6 nitrogen and oxygen atoms in total. The molecule has 1 fully saturated rings. The first-order valence-electron chi connectivity index (χ1n) is 9.05. The van der Waals surface area contributed by atoms with Crippen molar-refractivity contribution in [1.29, 1.82) is 0 Å². The minimum Gasteiger partial charge on any atom is -0.456 e. The van der Waals surface area contributed by atoms with Crippen LogP contribution < -0.4 is 5.32 Å². The first kappa shape index (κ1) is 19.6. The van der Waals surface area contributed by atoms with Crippen LogP contribution in [0.15, 0.2) is 45.3 Å². The maximum atomic E-state index is 12.4. The van der Waals surface area contributed by atoms with Gasteiger partial charge in [-0.3, -0.25) is 14.5 Å². The maximum Gasteiger partial charge on any atom is 0.289 e. The molecule has 0 saturated carbocycles. The van der Waals surface area contributed by atoms with Crippen LogP contribution in [0.3, 0.4) is 0 Å². The molecule has 27 heavy (non-hydrogen) atoms. The molecule has 0 radical (unpaired) electrons. The standard InChI is InChI=1S/C20H24BrN3O3/c1-14-3-8-18(27-14)20(26)24-11-9-23(10-12-24)13-19(25)22-15(2)16-4-6-17(21)7-5-16/h3-8,15H,9-13H2,1-2H3,(H,22,25). The van der Waals surface area contributed by atoms with E-state index in [9.17, 15) is 9.59 Å². The molecular weight excluding hydrogens is 410 g/mol. The molecule has 1 aliphatic rings. The van der Waals surface area contributed by atoms with Gasteiger partial charge in [0.2, 0.25) is 5.91 Å². The lowest BCUT2D eigenvalue weighted by Crippen LogP contribution is -2.51. The number of benzene rings is 1. The molecule has 1 aliphatic heterocycles. The molecule has 1 aromatic carbocycles. The maximum absolute atomic E-state index is 12.4. The minimum absolute atomic E-state index is 0.00754. The lowest BCUT2D eigenvalue weighted by molar-refractivity contribution is -0.123. The number of hydrogen-bond donors (Lipinski definition) is 1. The fraction of sp³-hybridized carbons (Fsp3) is 0.400. The number of halogens is 1. The van der Waals surface area contributed by atoms with Crippen LogP contribution in [0.4, 0.5) is 0 Å². The number of hydrogen-bond acceptors (Lipinski definition) is 4. The predicted octanol–water partition coefficient (Wildman–Crippen LogP) is 2.99. The smallest absolute Gasteiger partial charge is 0.289 e. The average Bonchev–Trinajstić information content (AvgIpc) is 3.08. The molecule has 1 N–H and O–H groups in total. The summed E-state index contributed by atoms with van der Waals surface area (Å²) in [7, 11) is 0. The Labute approximate surface area is 167 Å². The first-order chi connectivity index (χ1) is 12.9. The summed E-state index contributed by atoms with van der Waals surface area (Å²) in [6.45, 7) is 6.66. The van der Waals surface area contributed by atoms with Crippen LogP contribution in [0.1, 0.15) is 34.8 Å². The van der Waals surface area contributed by atoms with Crippen molar-refractivity contribution in [3.63, 3.8) is 0 Å². The Morgan fingerprint density at radius 1 is 1.11 bits per heavy atom. The van der Waals surface area contributed by atoms with Gasteiger partial charge in [0.05, 0.1) is 12.6 Å². The van der Waals surface area contributed by atoms with E-state index in [4.69, 9.17) is 4.42 Å². The van der Waals surface area contributed by atoms with Crippen LogP contribution in [0, 0.1) is 6.92 Å². The summed E-state index contributed by atoms with van der Waals surface area (Å²) in [6, 6.07) is 11.4. The van der Waals surface area contributed by atoms with E-state index < -0.39 is 0 Å². The van der Waals surface area contributed by atoms with Crippen LogP contribution in [0.25, 0.3) is 0 Å². The zero-order valence-corrected chi connectivity index (χ0v) is 17.2. The SMILES string of the molecule is Cc1ccc(C(=O)N2CCN(CC(=O)NC(C)c3ccc(Br)cc3)CC2)o1. The number of carbonyl (C=O) groups excluding carboxylic acids is 2. The van der Waals surface area contributed by atoms with Crippen molar-refractivity contribution in [2.24, 2.45) is 0 Å². The Bertz CT molecular complexity index is 795. The summed E-state index contributed by atoms with van der Waals surface area (Å²) < 4.78 is 6.43. The van der Waals surface area contributed by atoms with Crippen LogP contribution in [-0.4, -0.2) is 54.3 Å². The van der Waals surface area contributed by atoms with Crippen LogP contribution in [0.2, 0.25) is 0 Å². The highest BCUT2D eigenvalue weighted by Gasteiger charge is 2.25. The number of nitrogens with one attached hydrogen (secondary N) is 1. The summed E-state index contributed by atoms with van der Waals surface area (Å²) in [5.74, 6) is 1.01. The highest BCUT2D eigenvalue weighted by atomic mass is 79.9. The third kappa shape index (κ3) is 5.20. The molecule has 0 bridgehead atoms. The van der Waals surface area contributed by atoms with Gasteiger partial charge >= 0.3 is 0 Å². The first-order valence-corrected chi connectivity index (χ1v) is 9.84. The highest BCUT2D eigenvalue weighted by molar-refractivity contribution is 9.10. The van der Waals surface area contributed by atoms with Gasteiger partial charge in [-0.1, -0.05) is 28.1 Å². The van der Waals surface area contributed by atoms with E-state index in [0.29, 0.717) is 38.5 Å². The molecule has 144 valence electrons. The number of nitrogens with zero attached hydrogens (tertiary/aromatic N) is 2. The van der Waals surface area contributed by atoms with Gasteiger partial charge in [-0.15, -0.1) is 0 Å². The Morgan fingerprint density at radius 2 is 1.78 bits per heavy atom. The van der Waals surface area contributed by atoms with Crippen molar-refractivity contribution >= 4 is 27.7 Å². The van der Waals surface area contributed by atoms with E-state index in [1.54, 1.807) is 17.0 Å². The zero-order valence-electron chi connectivity index (χ0n) is 15.6. The summed E-state index contributed by atoms with van der Waals surface area (Å²) in [4.78, 5) is 28.6. The largest absolute Gasteiger partial charge is 0.456 e. The lowest BCUT2D eigenvalue weighted by atomic mass is 10.1. The van der Waals surface area contributed by atoms with Crippen molar-refractivity contribution in [2.75, 3.05) is 32.7 Å². The third-order valence-electron chi connectivity index (χ3n) is 4.73. The van der Waals surface area contributed by atoms with Gasteiger partial charge in [-0.2, -0.15) is 0 Å². The Kier molecular flexibility index (Phi) is 6.34. The predicted molar refractivity (Wildman–Crippen MR) is 106 cm³/mol.